The molecule has 1 atom stereocenters. The molecule has 0 amide bonds. The first-order valence-corrected chi connectivity index (χ1v) is 6.26. The molecule has 0 bridgehead atoms. The zero-order valence-electron chi connectivity index (χ0n) is 10.7. The van der Waals surface area contributed by atoms with Crippen LogP contribution in [0.3, 0.4) is 0 Å². The summed E-state index contributed by atoms with van der Waals surface area (Å²) in [6, 6.07) is 0.843. The van der Waals surface area contributed by atoms with E-state index in [9.17, 15) is 18.3 Å². The van der Waals surface area contributed by atoms with Gasteiger partial charge in [-0.15, -0.1) is 0 Å². The van der Waals surface area contributed by atoms with Gasteiger partial charge in [0.2, 0.25) is 0 Å². The second-order valence-electron chi connectivity index (χ2n) is 4.60. The van der Waals surface area contributed by atoms with Gasteiger partial charge in [-0.1, -0.05) is 11.6 Å². The number of aliphatic hydroxyl groups is 1. The highest BCUT2D eigenvalue weighted by Crippen LogP contribution is 2.33. The van der Waals surface area contributed by atoms with Gasteiger partial charge in [0.25, 0.3) is 0 Å². The van der Waals surface area contributed by atoms with Crippen molar-refractivity contribution in [2.24, 2.45) is 0 Å². The van der Waals surface area contributed by atoms with Crippen molar-refractivity contribution in [2.75, 3.05) is 0 Å². The summed E-state index contributed by atoms with van der Waals surface area (Å²) in [6.45, 7) is 3.55. The maximum absolute atomic E-state index is 13.7. The van der Waals surface area contributed by atoms with Crippen molar-refractivity contribution in [1.29, 1.82) is 0 Å². The molecule has 2 aromatic rings. The molecule has 1 unspecified atom stereocenters. The third-order valence-corrected chi connectivity index (χ3v) is 3.14. The lowest BCUT2D eigenvalue weighted by Crippen LogP contribution is -2.15. The molecule has 20 heavy (non-hydrogen) atoms. The Kier molecular flexibility index (Phi) is 4.06. The predicted molar refractivity (Wildman–Crippen MR) is 68.0 cm³/mol. The van der Waals surface area contributed by atoms with Gasteiger partial charge in [-0.05, 0) is 13.8 Å². The van der Waals surface area contributed by atoms with Crippen LogP contribution < -0.4 is 0 Å². The molecular weight excluding hydrogens is 293 g/mol. The maximum atomic E-state index is 13.7. The number of benzene rings is 1. The number of nitrogens with zero attached hydrogens (tertiary/aromatic N) is 2. The van der Waals surface area contributed by atoms with Crippen LogP contribution in [0, 0.1) is 17.5 Å². The van der Waals surface area contributed by atoms with E-state index in [0.717, 1.165) is 0 Å². The van der Waals surface area contributed by atoms with Gasteiger partial charge in [0.1, 0.15) is 23.6 Å². The van der Waals surface area contributed by atoms with E-state index >= 15 is 0 Å². The van der Waals surface area contributed by atoms with Gasteiger partial charge >= 0.3 is 0 Å². The third-order valence-electron chi connectivity index (χ3n) is 2.85. The lowest BCUT2D eigenvalue weighted by molar-refractivity contribution is 0.194. The molecule has 7 heteroatoms. The normalized spacial score (nSPS) is 13.0. The molecule has 1 aromatic heterocycles. The molecule has 108 valence electrons. The fraction of sp³-hybridized carbons (Fsp3) is 0.308. The van der Waals surface area contributed by atoms with Crippen molar-refractivity contribution in [2.45, 2.75) is 26.0 Å². The van der Waals surface area contributed by atoms with E-state index in [-0.39, 0.29) is 16.8 Å². The molecule has 0 saturated heterocycles. The van der Waals surface area contributed by atoms with Gasteiger partial charge < -0.3 is 5.11 Å². The molecule has 0 radical (unpaired) electrons. The number of aromatic nitrogens is 2. The molecule has 0 aliphatic carbocycles. The highest BCUT2D eigenvalue weighted by atomic mass is 35.5. The quantitative estimate of drug-likeness (QED) is 0.940. The first kappa shape index (κ1) is 14.9. The van der Waals surface area contributed by atoms with Gasteiger partial charge in [0.15, 0.2) is 0 Å². The van der Waals surface area contributed by atoms with Crippen molar-refractivity contribution in [3.05, 3.63) is 52.1 Å². The summed E-state index contributed by atoms with van der Waals surface area (Å²) in [5, 5.41) is 14.2. The molecule has 3 nitrogen and oxygen atoms in total. The van der Waals surface area contributed by atoms with E-state index in [1.165, 1.54) is 10.9 Å². The summed E-state index contributed by atoms with van der Waals surface area (Å²) in [7, 11) is 0. The number of rotatable bonds is 3. The third kappa shape index (κ3) is 2.53. The maximum Gasteiger partial charge on any atom is 0.135 e. The largest absolute Gasteiger partial charge is 0.382 e. The van der Waals surface area contributed by atoms with Crippen molar-refractivity contribution < 1.29 is 18.3 Å². The summed E-state index contributed by atoms with van der Waals surface area (Å²) in [5.41, 5.74) is -0.596. The zero-order chi connectivity index (χ0) is 15.0. The minimum Gasteiger partial charge on any atom is -0.382 e. The zero-order valence-corrected chi connectivity index (χ0v) is 11.5. The second-order valence-corrected chi connectivity index (χ2v) is 5.01. The topological polar surface area (TPSA) is 38.0 Å². The average molecular weight is 305 g/mol. The van der Waals surface area contributed by atoms with Crippen LogP contribution in [-0.2, 0) is 0 Å². The highest BCUT2D eigenvalue weighted by molar-refractivity contribution is 6.31. The SMILES string of the molecule is CC(C)n1ncc(Cl)c1C(O)c1c(F)cc(F)cc1F. The van der Waals surface area contributed by atoms with E-state index < -0.39 is 29.1 Å². The molecule has 0 aliphatic heterocycles. The second kappa shape index (κ2) is 5.46. The number of hydrogen-bond acceptors (Lipinski definition) is 2. The summed E-state index contributed by atoms with van der Waals surface area (Å²) in [6.07, 6.45) is -0.396. The standard InChI is InChI=1S/C13H12ClF3N2O/c1-6(2)19-12(8(14)5-18-19)13(20)11-9(16)3-7(15)4-10(11)17/h3-6,13,20H,1-2H3. The Morgan fingerprint density at radius 1 is 1.20 bits per heavy atom. The average Bonchev–Trinajstić information content (AvgIpc) is 2.69. The van der Waals surface area contributed by atoms with E-state index in [1.54, 1.807) is 13.8 Å². The number of halogens is 4. The monoisotopic (exact) mass is 304 g/mol. The van der Waals surface area contributed by atoms with Crippen LogP contribution in [-0.4, -0.2) is 14.9 Å². The van der Waals surface area contributed by atoms with Crippen LogP contribution in [0.15, 0.2) is 18.3 Å². The lowest BCUT2D eigenvalue weighted by atomic mass is 10.0. The predicted octanol–water partition coefficient (Wildman–Crippen LogP) is 3.62. The van der Waals surface area contributed by atoms with E-state index in [4.69, 9.17) is 11.6 Å². The fourth-order valence-electron chi connectivity index (χ4n) is 1.97. The van der Waals surface area contributed by atoms with Crippen LogP contribution in [0.1, 0.15) is 37.3 Å². The molecular formula is C13H12ClF3N2O. The molecule has 1 N–H and O–H groups in total. The summed E-state index contributed by atoms with van der Waals surface area (Å²) < 4.78 is 41.7. The molecule has 0 spiro atoms. The number of aliphatic hydroxyl groups excluding tert-OH is 1. The Labute approximate surface area is 118 Å². The summed E-state index contributed by atoms with van der Waals surface area (Å²) in [5.74, 6) is -3.41. The summed E-state index contributed by atoms with van der Waals surface area (Å²) in [4.78, 5) is 0. The van der Waals surface area contributed by atoms with Crippen LogP contribution in [0.5, 0.6) is 0 Å². The molecule has 1 aromatic carbocycles. The van der Waals surface area contributed by atoms with Gasteiger partial charge in [-0.3, -0.25) is 4.68 Å². The lowest BCUT2D eigenvalue weighted by Gasteiger charge is -2.18. The first-order valence-electron chi connectivity index (χ1n) is 5.88. The minimum atomic E-state index is -1.67. The van der Waals surface area contributed by atoms with Crippen LogP contribution in [0.4, 0.5) is 13.2 Å². The van der Waals surface area contributed by atoms with Crippen molar-refractivity contribution in [3.63, 3.8) is 0 Å². The van der Waals surface area contributed by atoms with Crippen LogP contribution >= 0.6 is 11.6 Å². The molecule has 0 aliphatic rings. The van der Waals surface area contributed by atoms with E-state index in [0.29, 0.717) is 12.1 Å². The van der Waals surface area contributed by atoms with Gasteiger partial charge in [-0.25, -0.2) is 13.2 Å². The number of hydrogen-bond donors (Lipinski definition) is 1. The van der Waals surface area contributed by atoms with E-state index in [1.807, 2.05) is 0 Å². The van der Waals surface area contributed by atoms with Crippen LogP contribution in [0.25, 0.3) is 0 Å². The molecule has 0 fully saturated rings. The van der Waals surface area contributed by atoms with Gasteiger partial charge in [0, 0.05) is 18.2 Å². The Morgan fingerprint density at radius 2 is 1.75 bits per heavy atom. The summed E-state index contributed by atoms with van der Waals surface area (Å²) >= 11 is 5.91. The van der Waals surface area contributed by atoms with Crippen molar-refractivity contribution in [1.82, 2.24) is 9.78 Å². The molecule has 2 rings (SSSR count). The smallest absolute Gasteiger partial charge is 0.135 e. The van der Waals surface area contributed by atoms with Crippen molar-refractivity contribution >= 4 is 11.6 Å². The van der Waals surface area contributed by atoms with Gasteiger partial charge in [-0.2, -0.15) is 5.10 Å². The minimum absolute atomic E-state index is 0.0612. The molecule has 1 heterocycles. The Morgan fingerprint density at radius 3 is 2.25 bits per heavy atom. The Hall–Kier alpha value is -1.53. The highest BCUT2D eigenvalue weighted by Gasteiger charge is 2.27. The first-order chi connectivity index (χ1) is 9.32. The van der Waals surface area contributed by atoms with Crippen molar-refractivity contribution in [3.8, 4) is 0 Å². The Balaban J connectivity index is 2.58. The van der Waals surface area contributed by atoms with Gasteiger partial charge in [0.05, 0.1) is 22.5 Å². The van der Waals surface area contributed by atoms with Crippen LogP contribution in [0.2, 0.25) is 5.02 Å². The fourth-order valence-corrected chi connectivity index (χ4v) is 2.20. The van der Waals surface area contributed by atoms with E-state index in [2.05, 4.69) is 5.10 Å². The molecule has 0 saturated carbocycles. The Bertz CT molecular complexity index is 620.